The Morgan fingerprint density at radius 3 is 2.84 bits per heavy atom. The van der Waals surface area contributed by atoms with Crippen molar-refractivity contribution in [1.29, 1.82) is 0 Å². The molecule has 9 nitrogen and oxygen atoms in total. The molecule has 0 aromatic carbocycles. The number of ether oxygens (including phenoxy) is 3. The number of nitrogens with one attached hydrogen (secondary N) is 1. The van der Waals surface area contributed by atoms with Crippen LogP contribution in [0.2, 0.25) is 5.15 Å². The Kier molecular flexibility index (Phi) is 6.30. The Balaban J connectivity index is 1.58. The van der Waals surface area contributed by atoms with Crippen LogP contribution in [-0.4, -0.2) is 52.0 Å². The number of aryl methyl sites for hydroxylation is 1. The van der Waals surface area contributed by atoms with Crippen molar-refractivity contribution in [1.82, 2.24) is 20.2 Å². The number of aromatic nitrogens is 4. The summed E-state index contributed by atoms with van der Waals surface area (Å²) in [6.07, 6.45) is 3.72. The predicted molar refractivity (Wildman–Crippen MR) is 116 cm³/mol. The summed E-state index contributed by atoms with van der Waals surface area (Å²) in [5.74, 6) is 0.0984. The van der Waals surface area contributed by atoms with E-state index < -0.39 is 5.91 Å². The second-order valence-corrected chi connectivity index (χ2v) is 8.25. The third kappa shape index (κ3) is 4.76. The standard InChI is InChI=1S/C20H20ClN5O4S/c1-10-6-12(13-7-17(21)23-9-16(13)28-3)14(8-22-10)18(27)24-19-25-26-20(31-19)30-15-4-5-29-11(15)2/h6-9,11,15H,4-5H2,1-3H3,(H,24,25,27)/t11-,15+/m0/s1. The smallest absolute Gasteiger partial charge is 0.296 e. The number of hydrogen-bond acceptors (Lipinski definition) is 9. The van der Waals surface area contributed by atoms with Crippen molar-refractivity contribution in [3.63, 3.8) is 0 Å². The number of carbonyl (C=O) groups is 1. The van der Waals surface area contributed by atoms with E-state index in [9.17, 15) is 4.79 Å². The lowest BCUT2D eigenvalue weighted by atomic mass is 10.0. The molecule has 1 aliphatic rings. The molecule has 4 rings (SSSR count). The molecule has 0 bridgehead atoms. The van der Waals surface area contributed by atoms with Crippen molar-refractivity contribution in [3.8, 4) is 22.1 Å². The number of nitrogens with zero attached hydrogens (tertiary/aromatic N) is 4. The lowest BCUT2D eigenvalue weighted by molar-refractivity contribution is 0.0669. The van der Waals surface area contributed by atoms with Gasteiger partial charge in [0.25, 0.3) is 11.1 Å². The fraction of sp³-hybridized carbons (Fsp3) is 0.350. The van der Waals surface area contributed by atoms with Crippen molar-refractivity contribution in [2.75, 3.05) is 19.0 Å². The summed E-state index contributed by atoms with van der Waals surface area (Å²) in [6, 6.07) is 3.44. The van der Waals surface area contributed by atoms with Crippen LogP contribution in [-0.2, 0) is 4.74 Å². The minimum Gasteiger partial charge on any atom is -0.494 e. The van der Waals surface area contributed by atoms with E-state index in [-0.39, 0.29) is 17.4 Å². The summed E-state index contributed by atoms with van der Waals surface area (Å²) in [4.78, 5) is 21.3. The fourth-order valence-electron chi connectivity index (χ4n) is 3.22. The van der Waals surface area contributed by atoms with E-state index in [2.05, 4.69) is 25.5 Å². The second-order valence-electron chi connectivity index (χ2n) is 6.93. The van der Waals surface area contributed by atoms with Gasteiger partial charge in [-0.05, 0) is 37.3 Å². The Morgan fingerprint density at radius 2 is 2.10 bits per heavy atom. The molecule has 0 saturated carbocycles. The number of rotatable bonds is 6. The van der Waals surface area contributed by atoms with Gasteiger partial charge < -0.3 is 14.2 Å². The normalized spacial score (nSPS) is 18.1. The van der Waals surface area contributed by atoms with Gasteiger partial charge in [-0.2, -0.15) is 0 Å². The number of methoxy groups -OCH3 is 1. The Hall–Kier alpha value is -2.82. The largest absolute Gasteiger partial charge is 0.494 e. The number of halogens is 1. The zero-order valence-electron chi connectivity index (χ0n) is 17.1. The summed E-state index contributed by atoms with van der Waals surface area (Å²) in [5.41, 5.74) is 2.32. The van der Waals surface area contributed by atoms with Gasteiger partial charge in [-0.15, -0.1) is 5.10 Å². The lowest BCUT2D eigenvalue weighted by Crippen LogP contribution is -2.24. The fourth-order valence-corrected chi connectivity index (χ4v) is 4.02. The molecule has 1 saturated heterocycles. The second kappa shape index (κ2) is 9.13. The Bertz CT molecular complexity index is 1110. The van der Waals surface area contributed by atoms with Crippen LogP contribution in [0.4, 0.5) is 5.13 Å². The molecule has 1 fully saturated rings. The molecule has 11 heteroatoms. The first-order valence-electron chi connectivity index (χ1n) is 9.54. The monoisotopic (exact) mass is 461 g/mol. The predicted octanol–water partition coefficient (Wildman–Crippen LogP) is 3.77. The van der Waals surface area contributed by atoms with Crippen molar-refractivity contribution in [2.45, 2.75) is 32.5 Å². The van der Waals surface area contributed by atoms with Crippen molar-refractivity contribution < 1.29 is 19.0 Å². The quantitative estimate of drug-likeness (QED) is 0.552. The number of anilines is 1. The van der Waals surface area contributed by atoms with Crippen LogP contribution in [0.5, 0.6) is 10.9 Å². The molecular weight excluding hydrogens is 442 g/mol. The van der Waals surface area contributed by atoms with E-state index in [1.807, 2.05) is 13.8 Å². The minimum atomic E-state index is -0.391. The first kappa shape index (κ1) is 21.4. The van der Waals surface area contributed by atoms with Gasteiger partial charge in [-0.1, -0.05) is 16.7 Å². The lowest BCUT2D eigenvalue weighted by Gasteiger charge is -2.13. The highest BCUT2D eigenvalue weighted by Crippen LogP contribution is 2.34. The number of pyridine rings is 2. The average molecular weight is 462 g/mol. The van der Waals surface area contributed by atoms with Crippen LogP contribution in [0, 0.1) is 6.92 Å². The maximum Gasteiger partial charge on any atom is 0.296 e. The van der Waals surface area contributed by atoms with Crippen molar-refractivity contribution in [3.05, 3.63) is 40.9 Å². The summed E-state index contributed by atoms with van der Waals surface area (Å²) < 4.78 is 16.7. The molecule has 3 aromatic rings. The summed E-state index contributed by atoms with van der Waals surface area (Å²) in [5, 5.41) is 11.8. The highest BCUT2D eigenvalue weighted by molar-refractivity contribution is 7.17. The maximum atomic E-state index is 13.0. The SMILES string of the molecule is COc1cnc(Cl)cc1-c1cc(C)ncc1C(=O)Nc1nnc(O[C@@H]2CCO[C@H]2C)s1. The molecule has 0 unspecified atom stereocenters. The van der Waals surface area contributed by atoms with E-state index >= 15 is 0 Å². The molecule has 31 heavy (non-hydrogen) atoms. The highest BCUT2D eigenvalue weighted by atomic mass is 35.5. The van der Waals surface area contributed by atoms with Gasteiger partial charge in [0.05, 0.1) is 31.6 Å². The van der Waals surface area contributed by atoms with Crippen LogP contribution in [0.25, 0.3) is 11.1 Å². The zero-order chi connectivity index (χ0) is 22.0. The molecule has 1 N–H and O–H groups in total. The number of hydrogen-bond donors (Lipinski definition) is 1. The summed E-state index contributed by atoms with van der Waals surface area (Å²) in [7, 11) is 1.53. The molecule has 2 atom stereocenters. The molecule has 0 radical (unpaired) electrons. The van der Waals surface area contributed by atoms with Crippen LogP contribution in [0.1, 0.15) is 29.4 Å². The first-order chi connectivity index (χ1) is 14.9. The van der Waals surface area contributed by atoms with Crippen LogP contribution in [0.3, 0.4) is 0 Å². The molecule has 3 aromatic heterocycles. The summed E-state index contributed by atoms with van der Waals surface area (Å²) in [6.45, 7) is 4.44. The minimum absolute atomic E-state index is 0.00898. The van der Waals surface area contributed by atoms with E-state index in [0.29, 0.717) is 39.4 Å². The average Bonchev–Trinajstić information content (AvgIpc) is 3.36. The molecule has 1 amide bonds. The van der Waals surface area contributed by atoms with Crippen LogP contribution in [0.15, 0.2) is 24.5 Å². The Labute approximate surface area is 187 Å². The van der Waals surface area contributed by atoms with E-state index in [4.69, 9.17) is 25.8 Å². The maximum absolute atomic E-state index is 13.0. The van der Waals surface area contributed by atoms with Gasteiger partial charge in [0.1, 0.15) is 17.0 Å². The molecular formula is C20H20ClN5O4S. The first-order valence-corrected chi connectivity index (χ1v) is 10.7. The molecule has 0 spiro atoms. The van der Waals surface area contributed by atoms with E-state index in [1.54, 1.807) is 12.1 Å². The third-order valence-electron chi connectivity index (χ3n) is 4.82. The van der Waals surface area contributed by atoms with Gasteiger partial charge in [-0.3, -0.25) is 15.1 Å². The molecule has 4 heterocycles. The number of carbonyl (C=O) groups excluding carboxylic acids is 1. The third-order valence-corrected chi connectivity index (χ3v) is 5.75. The van der Waals surface area contributed by atoms with Gasteiger partial charge in [0, 0.05) is 29.4 Å². The van der Waals surface area contributed by atoms with Gasteiger partial charge >= 0.3 is 0 Å². The molecule has 1 aliphatic heterocycles. The zero-order valence-corrected chi connectivity index (χ0v) is 18.7. The number of amides is 1. The van der Waals surface area contributed by atoms with Crippen molar-refractivity contribution >= 4 is 34.0 Å². The van der Waals surface area contributed by atoms with Crippen LogP contribution < -0.4 is 14.8 Å². The topological polar surface area (TPSA) is 108 Å². The highest BCUT2D eigenvalue weighted by Gasteiger charge is 2.27. The molecule has 162 valence electrons. The Morgan fingerprint density at radius 1 is 1.26 bits per heavy atom. The van der Waals surface area contributed by atoms with Crippen LogP contribution >= 0.6 is 22.9 Å². The van der Waals surface area contributed by atoms with Gasteiger partial charge in [0.15, 0.2) is 0 Å². The molecule has 0 aliphatic carbocycles. The van der Waals surface area contributed by atoms with Crippen molar-refractivity contribution in [2.24, 2.45) is 0 Å². The van der Waals surface area contributed by atoms with Gasteiger partial charge in [-0.25, -0.2) is 4.98 Å². The van der Waals surface area contributed by atoms with Gasteiger partial charge in [0.2, 0.25) is 5.13 Å². The summed E-state index contributed by atoms with van der Waals surface area (Å²) >= 11 is 7.24. The van der Waals surface area contributed by atoms with E-state index in [1.165, 1.54) is 19.5 Å². The van der Waals surface area contributed by atoms with E-state index in [0.717, 1.165) is 23.5 Å².